The Labute approximate surface area is 525 Å². The molecular weight excluding hydrogens is 1250 g/mol. The summed E-state index contributed by atoms with van der Waals surface area (Å²) in [5.41, 5.74) is -2.68. The van der Waals surface area contributed by atoms with Crippen molar-refractivity contribution in [3.05, 3.63) is 125 Å². The zero-order chi connectivity index (χ0) is 68.0. The van der Waals surface area contributed by atoms with Gasteiger partial charge in [-0.1, -0.05) is 59.6 Å². The van der Waals surface area contributed by atoms with Crippen molar-refractivity contribution in [2.24, 2.45) is 0 Å². The molecule has 496 valence electrons. The first-order valence-electron chi connectivity index (χ1n) is 27.1. The van der Waals surface area contributed by atoms with Gasteiger partial charge in [-0.15, -0.1) is 0 Å². The Balaban J connectivity index is 0.000000574. The van der Waals surface area contributed by atoms with Crippen molar-refractivity contribution >= 4 is 91.4 Å². The minimum atomic E-state index is -2.79. The Morgan fingerprint density at radius 1 is 0.548 bits per heavy atom. The number of hydrogen-bond donors (Lipinski definition) is 6. The molecule has 4 aromatic carbocycles. The number of hydrogen-bond acceptors (Lipinski definition) is 32. The summed E-state index contributed by atoms with van der Waals surface area (Å²) in [5, 5.41) is 62.6. The van der Waals surface area contributed by atoms with Crippen LogP contribution >= 0.6 is 0 Å². The SMILES string of the molecule is COC(=O)Oc1cc(/C=C/C(=O)O[C@@H]2C[C@@](O)(C(=O)O)C[C@@H](OC(=O)/C=C/c3ccc(OC(=O)OC)c(OC(=O)OC)c3)[C@@H]2OC(=O)/C=C/c2ccc(OC(=O)OC)c(OC(=O)OC)c2)ccc1CCOOO.O=C1OB(c2ccccc2)OC12C[C@@H](O)C(O)[C@H](O)C2. The second-order valence-electron chi connectivity index (χ2n) is 19.6. The van der Waals surface area contributed by atoms with Crippen LogP contribution in [0.1, 0.15) is 47.9 Å². The number of carboxylic acids is 1. The maximum Gasteiger partial charge on any atom is 0.565 e. The highest BCUT2D eigenvalue weighted by atomic mass is 17.5. The van der Waals surface area contributed by atoms with Gasteiger partial charge >= 0.3 is 67.7 Å². The van der Waals surface area contributed by atoms with Crippen molar-refractivity contribution in [1.29, 1.82) is 0 Å². The second-order valence-corrected chi connectivity index (χ2v) is 19.6. The number of rotatable bonds is 20. The highest BCUT2D eigenvalue weighted by Crippen LogP contribution is 2.39. The summed E-state index contributed by atoms with van der Waals surface area (Å²) in [7, 11) is 4.27. The third-order valence-electron chi connectivity index (χ3n) is 13.4. The average Bonchev–Trinajstić information content (AvgIpc) is 1.71. The maximum atomic E-state index is 13.6. The molecule has 0 amide bonds. The molecule has 7 rings (SSSR count). The van der Waals surface area contributed by atoms with E-state index < -0.39 is 128 Å². The normalized spacial score (nSPS) is 21.4. The molecule has 93 heavy (non-hydrogen) atoms. The van der Waals surface area contributed by atoms with Gasteiger partial charge in [0.2, 0.25) is 0 Å². The van der Waals surface area contributed by atoms with Crippen LogP contribution in [0.25, 0.3) is 18.2 Å². The molecule has 1 heterocycles. The molecule has 33 nitrogen and oxygen atoms in total. The quantitative estimate of drug-likeness (QED) is 0.0107. The number of benzene rings is 4. The third-order valence-corrected chi connectivity index (χ3v) is 13.4. The van der Waals surface area contributed by atoms with Crippen molar-refractivity contribution in [3.63, 3.8) is 0 Å². The Morgan fingerprint density at radius 3 is 1.39 bits per heavy atom. The van der Waals surface area contributed by atoms with Crippen LogP contribution in [0.4, 0.5) is 24.0 Å². The van der Waals surface area contributed by atoms with Crippen LogP contribution in [0.5, 0.6) is 28.7 Å². The van der Waals surface area contributed by atoms with Crippen molar-refractivity contribution in [3.8, 4) is 28.7 Å². The van der Waals surface area contributed by atoms with Gasteiger partial charge in [-0.3, -0.25) is 4.79 Å². The summed E-state index contributed by atoms with van der Waals surface area (Å²) < 4.78 is 75.2. The van der Waals surface area contributed by atoms with E-state index in [9.17, 15) is 73.5 Å². The highest BCUT2D eigenvalue weighted by Gasteiger charge is 2.59. The lowest BCUT2D eigenvalue weighted by molar-refractivity contribution is -0.490. The molecule has 2 saturated carbocycles. The van der Waals surface area contributed by atoms with Crippen molar-refractivity contribution in [1.82, 2.24) is 0 Å². The molecular formula is C59H59BO33. The largest absolute Gasteiger partial charge is 0.565 e. The number of methoxy groups -OCH3 is 5. The number of aliphatic hydroxyl groups is 4. The average molecular weight is 1310 g/mol. The molecule has 4 aromatic rings. The summed E-state index contributed by atoms with van der Waals surface area (Å²) in [5.74, 6) is -7.54. The van der Waals surface area contributed by atoms with E-state index in [-0.39, 0.29) is 71.3 Å². The molecule has 1 saturated heterocycles. The molecule has 3 aliphatic rings. The molecule has 0 unspecified atom stereocenters. The van der Waals surface area contributed by atoms with Crippen molar-refractivity contribution < 1.29 is 160 Å². The summed E-state index contributed by atoms with van der Waals surface area (Å²) in [6, 6.07) is 20.4. The van der Waals surface area contributed by atoms with Gasteiger partial charge in [0.15, 0.2) is 40.3 Å². The predicted octanol–water partition coefficient (Wildman–Crippen LogP) is 3.73. The van der Waals surface area contributed by atoms with Crippen LogP contribution in [0.3, 0.4) is 0 Å². The smallest absolute Gasteiger partial charge is 0.504 e. The highest BCUT2D eigenvalue weighted by molar-refractivity contribution is 6.64. The van der Waals surface area contributed by atoms with Crippen molar-refractivity contribution in [2.45, 2.75) is 79.9 Å². The van der Waals surface area contributed by atoms with Gasteiger partial charge < -0.3 is 96.4 Å². The van der Waals surface area contributed by atoms with Crippen LogP contribution < -0.4 is 29.1 Å². The molecule has 0 radical (unpaired) electrons. The Hall–Kier alpha value is -10.5. The Kier molecular flexibility index (Phi) is 25.8. The molecule has 6 atom stereocenters. The number of ether oxygens (including phenoxy) is 13. The van der Waals surface area contributed by atoms with Crippen LogP contribution in [-0.4, -0.2) is 189 Å². The fourth-order valence-corrected chi connectivity index (χ4v) is 8.96. The molecule has 6 N–H and O–H groups in total. The molecule has 2 aliphatic carbocycles. The predicted molar refractivity (Wildman–Crippen MR) is 305 cm³/mol. The van der Waals surface area contributed by atoms with Gasteiger partial charge in [0.25, 0.3) is 0 Å². The van der Waals surface area contributed by atoms with E-state index in [1.54, 1.807) is 24.3 Å². The zero-order valence-corrected chi connectivity index (χ0v) is 49.5. The van der Waals surface area contributed by atoms with E-state index >= 15 is 0 Å². The molecule has 1 spiro atoms. The number of aliphatic carboxylic acids is 1. The summed E-state index contributed by atoms with van der Waals surface area (Å²) in [6.45, 7) is -0.181. The summed E-state index contributed by atoms with van der Waals surface area (Å²) >= 11 is 0. The number of esters is 3. The van der Waals surface area contributed by atoms with E-state index in [1.807, 2.05) is 6.07 Å². The first-order chi connectivity index (χ1) is 44.3. The van der Waals surface area contributed by atoms with Gasteiger partial charge in [0.05, 0.1) is 54.4 Å². The number of carbonyl (C=O) groups excluding carboxylic acids is 9. The lowest BCUT2D eigenvalue weighted by atomic mass is 9.77. The van der Waals surface area contributed by atoms with Gasteiger partial charge in [-0.05, 0) is 76.3 Å². The minimum absolute atomic E-state index is 0.0565. The number of aliphatic hydroxyl groups excluding tert-OH is 3. The van der Waals surface area contributed by atoms with E-state index in [2.05, 4.69) is 33.6 Å². The number of carbonyl (C=O) groups is 10. The van der Waals surface area contributed by atoms with Crippen LogP contribution in [-0.2, 0) is 87.5 Å². The molecule has 3 fully saturated rings. The van der Waals surface area contributed by atoms with Crippen LogP contribution in [0.15, 0.2) is 103 Å². The van der Waals surface area contributed by atoms with Crippen LogP contribution in [0, 0.1) is 0 Å². The van der Waals surface area contributed by atoms with Gasteiger partial charge in [-0.25, -0.2) is 53.3 Å². The van der Waals surface area contributed by atoms with E-state index in [0.717, 1.165) is 78.1 Å². The van der Waals surface area contributed by atoms with Gasteiger partial charge in [0, 0.05) is 50.3 Å². The van der Waals surface area contributed by atoms with Gasteiger partial charge in [0.1, 0.15) is 24.1 Å². The fourth-order valence-electron chi connectivity index (χ4n) is 8.96. The van der Waals surface area contributed by atoms with Gasteiger partial charge in [-0.2, -0.15) is 0 Å². The van der Waals surface area contributed by atoms with Crippen LogP contribution in [0.2, 0.25) is 0 Å². The first kappa shape index (κ1) is 71.6. The molecule has 0 aromatic heterocycles. The van der Waals surface area contributed by atoms with Crippen molar-refractivity contribution in [2.75, 3.05) is 42.2 Å². The van der Waals surface area contributed by atoms with E-state index in [0.29, 0.717) is 11.0 Å². The maximum absolute atomic E-state index is 13.6. The fraction of sp³-hybridized carbons (Fsp3) is 0.322. The monoisotopic (exact) mass is 1310 g/mol. The topological polar surface area (TPSA) is 449 Å². The number of carboxylic acid groups (broad SMARTS) is 1. The Morgan fingerprint density at radius 2 is 0.957 bits per heavy atom. The first-order valence-corrected chi connectivity index (χ1v) is 27.1. The third kappa shape index (κ3) is 20.3. The van der Waals surface area contributed by atoms with E-state index in [1.165, 1.54) is 48.5 Å². The van der Waals surface area contributed by atoms with E-state index in [4.69, 9.17) is 52.5 Å². The lowest BCUT2D eigenvalue weighted by Gasteiger charge is -2.41. The lowest BCUT2D eigenvalue weighted by Crippen LogP contribution is -2.59. The Bertz CT molecular complexity index is 3440. The zero-order valence-electron chi connectivity index (χ0n) is 49.5. The molecule has 0 bridgehead atoms. The standard InChI is InChI=1S/C46H44O27.C13H15BO6/c1-59-41(52)67-29-13-7-26(21-32(29)70-44(55)62-4)10-16-37(48)66-35-24-46(57,40(50)51)23-34(65-36(47)15-9-25-6-12-28(18-19-64-73-58)31(20-25)69-43(54)61-3)39(35)72-38(49)17-11-27-8-14-30(68-42(53)60-2)33(22-27)71-45(56)63-5;15-9-6-13(7-10(16)11(9)17)12(18)19-14(20-13)8-4-2-1-3-5-8/h6-17,20-22,34-35,39,57-58H,18-19,23-24H2,1-5H3,(H,50,51);1-5,9-11,15-17H,6-7H2/b15-9+,16-10+,17-11+;/t34-,35-,39-,46+;9-,10-,11?,13?/m11/s1. The summed E-state index contributed by atoms with van der Waals surface area (Å²) in [6.07, 6.45) is -11.4. The molecule has 34 heteroatoms. The molecule has 1 aliphatic heterocycles. The second kappa shape index (κ2) is 33.6. The minimum Gasteiger partial charge on any atom is -0.504 e. The summed E-state index contributed by atoms with van der Waals surface area (Å²) in [4.78, 5) is 129.